The standard InChI is InChI=1S/C44H39N9O9S3/c1-51-38(57)36(55)48-49-42(51)65-26-43(40(58)62-22-27-18-20-31(21-19-27)53(59)60)24-52-37(56)34(39(52)64-25-43)46-35(54)33(50-61-2)32-23-63-41(45-32)47-44(28-12-6-3-7-13-28,29-14-8-4-9-15-29)30-16-10-5-11-17-30/h3-21,23,34,39H,22,24-26H2,1-2H3,(H,45,47)(H,46,54)(H,48,55)/t34?,39-,43?/m1/s1. The molecule has 3 atom stereocenters. The van der Waals surface area contributed by atoms with Crippen molar-refractivity contribution >= 4 is 69.2 Å². The molecule has 2 aromatic heterocycles. The molecule has 3 N–H and O–H groups in total. The number of amides is 2. The van der Waals surface area contributed by atoms with Crippen LogP contribution in [0.2, 0.25) is 0 Å². The maximum atomic E-state index is 14.0. The van der Waals surface area contributed by atoms with Crippen LogP contribution in [0.15, 0.2) is 141 Å². The molecule has 2 aliphatic heterocycles. The number of nitrogens with one attached hydrogen (secondary N) is 3. The average molecular weight is 934 g/mol. The van der Waals surface area contributed by atoms with Crippen LogP contribution in [0.5, 0.6) is 0 Å². The summed E-state index contributed by atoms with van der Waals surface area (Å²) < 4.78 is 6.81. The SMILES string of the molecule is CON=C(C(=O)NC1C(=O)N2CC(CSc3n[nH]c(=O)c(=O)n3C)(C(=O)OCc3ccc([N+](=O)[O-])cc3)CS[C@H]12)c1csc(NC(c2ccccc2)(c2ccccc2)c2ccccc2)n1. The molecule has 2 amide bonds. The third-order valence-corrected chi connectivity index (χ3v) is 14.6. The topological polar surface area (TPSA) is 233 Å². The molecule has 2 aliphatic rings. The Hall–Kier alpha value is -7.10. The molecule has 4 heterocycles. The molecule has 0 aliphatic carbocycles. The fraction of sp³-hybridized carbons (Fsp3) is 0.227. The number of fused-ring (bicyclic) bond motifs is 1. The lowest BCUT2D eigenvalue weighted by Gasteiger charge is -2.54. The van der Waals surface area contributed by atoms with E-state index < -0.39 is 56.2 Å². The summed E-state index contributed by atoms with van der Waals surface area (Å²) in [5.74, 6) is -1.71. The average Bonchev–Trinajstić information content (AvgIpc) is 3.81. The van der Waals surface area contributed by atoms with Gasteiger partial charge >= 0.3 is 17.1 Å². The van der Waals surface area contributed by atoms with E-state index in [9.17, 15) is 34.1 Å². The van der Waals surface area contributed by atoms with E-state index in [4.69, 9.17) is 14.6 Å². The Morgan fingerprint density at radius 1 is 0.969 bits per heavy atom. The van der Waals surface area contributed by atoms with Crippen LogP contribution in [-0.4, -0.2) is 89.6 Å². The van der Waals surface area contributed by atoms with Gasteiger partial charge in [-0.25, -0.2) is 10.1 Å². The van der Waals surface area contributed by atoms with Crippen molar-refractivity contribution in [2.24, 2.45) is 17.6 Å². The lowest BCUT2D eigenvalue weighted by Crippen LogP contribution is -2.74. The molecule has 21 heteroatoms. The van der Waals surface area contributed by atoms with Crippen LogP contribution >= 0.6 is 34.9 Å². The number of non-ortho nitro benzene ring substituents is 1. The molecule has 2 saturated heterocycles. The highest BCUT2D eigenvalue weighted by molar-refractivity contribution is 8.00. The number of oxime groups is 1. The smallest absolute Gasteiger partial charge is 0.330 e. The quantitative estimate of drug-likeness (QED) is 0.0177. The van der Waals surface area contributed by atoms with Gasteiger partial charge < -0.3 is 25.1 Å². The first kappa shape index (κ1) is 44.5. The van der Waals surface area contributed by atoms with Crippen molar-refractivity contribution in [3.63, 3.8) is 0 Å². The van der Waals surface area contributed by atoms with Gasteiger partial charge in [-0.15, -0.1) is 28.2 Å². The van der Waals surface area contributed by atoms with Crippen molar-refractivity contribution in [1.82, 2.24) is 30.0 Å². The first-order valence-electron chi connectivity index (χ1n) is 19.9. The zero-order chi connectivity index (χ0) is 45.7. The van der Waals surface area contributed by atoms with Crippen LogP contribution in [-0.2, 0) is 43.2 Å². The van der Waals surface area contributed by atoms with E-state index in [0.29, 0.717) is 10.7 Å². The number of benzene rings is 4. The molecule has 0 saturated carbocycles. The highest BCUT2D eigenvalue weighted by Crippen LogP contribution is 2.45. The van der Waals surface area contributed by atoms with Gasteiger partial charge in [0.2, 0.25) is 5.91 Å². The summed E-state index contributed by atoms with van der Waals surface area (Å²) >= 11 is 3.55. The number of thioether (sulfide) groups is 2. The second-order valence-corrected chi connectivity index (χ2v) is 17.9. The number of rotatable bonds is 16. The summed E-state index contributed by atoms with van der Waals surface area (Å²) in [6.45, 7) is -0.314. The molecule has 4 aromatic carbocycles. The van der Waals surface area contributed by atoms with Crippen molar-refractivity contribution in [2.75, 3.05) is 30.5 Å². The maximum absolute atomic E-state index is 14.0. The second kappa shape index (κ2) is 18.9. The lowest BCUT2D eigenvalue weighted by atomic mass is 9.77. The summed E-state index contributed by atoms with van der Waals surface area (Å²) in [4.78, 5) is 88.2. The zero-order valence-corrected chi connectivity index (χ0v) is 37.1. The van der Waals surface area contributed by atoms with Gasteiger partial charge in [-0.1, -0.05) is 108 Å². The Morgan fingerprint density at radius 3 is 2.17 bits per heavy atom. The molecule has 332 valence electrons. The third-order valence-electron chi connectivity index (χ3n) is 11.0. The van der Waals surface area contributed by atoms with Gasteiger partial charge in [-0.3, -0.25) is 38.7 Å². The fourth-order valence-corrected chi connectivity index (χ4v) is 11.1. The minimum atomic E-state index is -1.34. The van der Waals surface area contributed by atoms with Crippen LogP contribution in [0.1, 0.15) is 27.9 Å². The molecular formula is C44H39N9O9S3. The van der Waals surface area contributed by atoms with Crippen molar-refractivity contribution in [2.45, 2.75) is 28.7 Å². The Morgan fingerprint density at radius 2 is 1.58 bits per heavy atom. The van der Waals surface area contributed by atoms with Gasteiger partial charge in [-0.2, -0.15) is 0 Å². The van der Waals surface area contributed by atoms with E-state index in [-0.39, 0.29) is 46.9 Å². The maximum Gasteiger partial charge on any atom is 0.330 e. The highest BCUT2D eigenvalue weighted by Gasteiger charge is 2.58. The van der Waals surface area contributed by atoms with E-state index in [1.54, 1.807) is 5.38 Å². The predicted molar refractivity (Wildman–Crippen MR) is 245 cm³/mol. The van der Waals surface area contributed by atoms with Gasteiger partial charge in [0.25, 0.3) is 11.6 Å². The molecule has 0 radical (unpaired) electrons. The minimum absolute atomic E-state index is 0.0100. The van der Waals surface area contributed by atoms with Crippen molar-refractivity contribution in [3.8, 4) is 0 Å². The second-order valence-electron chi connectivity index (χ2n) is 15.0. The fourth-order valence-electron chi connectivity index (χ4n) is 7.59. The Balaban J connectivity index is 1.00. The molecule has 18 nitrogen and oxygen atoms in total. The first-order chi connectivity index (χ1) is 31.4. The highest BCUT2D eigenvalue weighted by atomic mass is 32.2. The van der Waals surface area contributed by atoms with Crippen LogP contribution < -0.4 is 21.8 Å². The van der Waals surface area contributed by atoms with Crippen molar-refractivity contribution in [3.05, 3.63) is 179 Å². The third kappa shape index (κ3) is 8.89. The zero-order valence-electron chi connectivity index (χ0n) is 34.6. The normalized spacial score (nSPS) is 18.2. The number of aromatic amines is 1. The van der Waals surface area contributed by atoms with Crippen molar-refractivity contribution < 1.29 is 28.9 Å². The van der Waals surface area contributed by atoms with E-state index >= 15 is 0 Å². The number of nitro benzene ring substituents is 1. The van der Waals surface area contributed by atoms with E-state index in [2.05, 4.69) is 26.0 Å². The Kier molecular flexibility index (Phi) is 13.0. The lowest BCUT2D eigenvalue weighted by molar-refractivity contribution is -0.384. The summed E-state index contributed by atoms with van der Waals surface area (Å²) in [5.41, 5.74) is -0.700. The van der Waals surface area contributed by atoms with E-state index in [1.807, 2.05) is 91.0 Å². The van der Waals surface area contributed by atoms with E-state index in [0.717, 1.165) is 33.0 Å². The number of nitrogens with zero attached hydrogens (tertiary/aromatic N) is 6. The molecule has 6 aromatic rings. The summed E-state index contributed by atoms with van der Waals surface area (Å²) in [7, 11) is 2.68. The van der Waals surface area contributed by atoms with E-state index in [1.165, 1.54) is 66.4 Å². The van der Waals surface area contributed by atoms with Crippen LogP contribution in [0, 0.1) is 15.5 Å². The number of anilines is 1. The molecule has 2 fully saturated rings. The summed E-state index contributed by atoms with van der Waals surface area (Å²) in [6.07, 6.45) is 0. The van der Waals surface area contributed by atoms with Crippen molar-refractivity contribution in [1.29, 1.82) is 0 Å². The van der Waals surface area contributed by atoms with Gasteiger partial charge in [0, 0.05) is 42.6 Å². The molecular weight excluding hydrogens is 895 g/mol. The Bertz CT molecular complexity index is 2780. The number of carbonyl (C=O) groups excluding carboxylic acids is 3. The monoisotopic (exact) mass is 933 g/mol. The first-order valence-corrected chi connectivity index (χ1v) is 22.8. The number of aromatic nitrogens is 4. The molecule has 0 bridgehead atoms. The number of hydrogen-bond donors (Lipinski definition) is 3. The largest absolute Gasteiger partial charge is 0.460 e. The summed E-state index contributed by atoms with van der Waals surface area (Å²) in [6, 6.07) is 34.5. The van der Waals surface area contributed by atoms with Crippen LogP contribution in [0.3, 0.4) is 0 Å². The van der Waals surface area contributed by atoms with Gasteiger partial charge in [0.15, 0.2) is 16.0 Å². The van der Waals surface area contributed by atoms with Crippen LogP contribution in [0.4, 0.5) is 10.8 Å². The number of nitro groups is 1. The number of thiazole rings is 1. The Labute approximate surface area is 382 Å². The number of H-pyrrole nitrogens is 1. The molecule has 8 rings (SSSR count). The molecule has 0 spiro atoms. The molecule has 2 unspecified atom stereocenters. The van der Waals surface area contributed by atoms with Gasteiger partial charge in [0.1, 0.15) is 41.8 Å². The number of carbonyl (C=O) groups is 3. The van der Waals surface area contributed by atoms with Crippen LogP contribution in [0.25, 0.3) is 0 Å². The number of esters is 1. The number of hydrogen-bond acceptors (Lipinski definition) is 16. The molecule has 65 heavy (non-hydrogen) atoms. The predicted octanol–water partition coefficient (Wildman–Crippen LogP) is 4.51. The van der Waals surface area contributed by atoms with Gasteiger partial charge in [-0.05, 0) is 34.4 Å². The summed E-state index contributed by atoms with van der Waals surface area (Å²) in [5, 5.41) is 29.5. The number of ether oxygens (including phenoxy) is 1. The number of β-lactam (4-membered cyclic amide) rings is 1. The minimum Gasteiger partial charge on any atom is -0.460 e. The van der Waals surface area contributed by atoms with Gasteiger partial charge in [0.05, 0.1) is 4.92 Å².